The first-order valence-electron chi connectivity index (χ1n) is 8.65. The molecule has 5 heteroatoms. The highest BCUT2D eigenvalue weighted by Gasteiger charge is 2.11. The third-order valence-corrected chi connectivity index (χ3v) is 5.25. The van der Waals surface area contributed by atoms with Crippen LogP contribution in [-0.4, -0.2) is 23.9 Å². The molecule has 0 saturated carbocycles. The van der Waals surface area contributed by atoms with Gasteiger partial charge < -0.3 is 5.32 Å². The van der Waals surface area contributed by atoms with Gasteiger partial charge in [-0.25, -0.2) is 0 Å². The monoisotopic (exact) mass is 376 g/mol. The molecule has 3 rings (SSSR count). The van der Waals surface area contributed by atoms with Gasteiger partial charge in [-0.15, -0.1) is 0 Å². The summed E-state index contributed by atoms with van der Waals surface area (Å²) in [7, 11) is 0. The van der Waals surface area contributed by atoms with E-state index >= 15 is 0 Å². The number of amides is 1. The first-order chi connectivity index (χ1) is 12.1. The van der Waals surface area contributed by atoms with Crippen molar-refractivity contribution in [3.05, 3.63) is 69.2 Å². The summed E-state index contributed by atoms with van der Waals surface area (Å²) in [6, 6.07) is 13.2. The van der Waals surface area contributed by atoms with Crippen LogP contribution >= 0.6 is 23.2 Å². The van der Waals surface area contributed by atoms with Gasteiger partial charge in [0.1, 0.15) is 0 Å². The highest BCUT2D eigenvalue weighted by molar-refractivity contribution is 6.42. The van der Waals surface area contributed by atoms with Gasteiger partial charge in [-0.05, 0) is 61.3 Å². The van der Waals surface area contributed by atoms with Crippen molar-refractivity contribution in [2.45, 2.75) is 32.4 Å². The Morgan fingerprint density at radius 3 is 2.28 bits per heavy atom. The minimum atomic E-state index is -0.0874. The van der Waals surface area contributed by atoms with Gasteiger partial charge in [-0.1, -0.05) is 47.8 Å². The van der Waals surface area contributed by atoms with Crippen LogP contribution in [0.2, 0.25) is 10.0 Å². The van der Waals surface area contributed by atoms with Gasteiger partial charge in [0.25, 0.3) is 5.91 Å². The molecule has 132 valence electrons. The maximum atomic E-state index is 12.3. The molecular weight excluding hydrogens is 355 g/mol. The van der Waals surface area contributed by atoms with Crippen molar-refractivity contribution in [2.75, 3.05) is 13.1 Å². The Bertz CT molecular complexity index is 725. The third-order valence-electron chi connectivity index (χ3n) is 4.51. The molecule has 25 heavy (non-hydrogen) atoms. The fourth-order valence-electron chi connectivity index (χ4n) is 3.07. The Hall–Kier alpha value is -1.55. The van der Waals surface area contributed by atoms with Crippen LogP contribution in [0.1, 0.15) is 40.7 Å². The SMILES string of the molecule is O=C(NCc1ccc(Cl)c(Cl)c1)c1ccc(CN2CCCCC2)cc1. The Labute approximate surface area is 158 Å². The van der Waals surface area contributed by atoms with Crippen LogP contribution in [0.5, 0.6) is 0 Å². The van der Waals surface area contributed by atoms with E-state index in [0.717, 1.165) is 12.1 Å². The van der Waals surface area contributed by atoms with Crippen molar-refractivity contribution in [2.24, 2.45) is 0 Å². The van der Waals surface area contributed by atoms with Gasteiger partial charge in [0.2, 0.25) is 0 Å². The zero-order valence-electron chi connectivity index (χ0n) is 14.1. The molecule has 1 aliphatic rings. The van der Waals surface area contributed by atoms with Crippen molar-refractivity contribution < 1.29 is 4.79 Å². The first kappa shape index (κ1) is 18.2. The van der Waals surface area contributed by atoms with E-state index in [1.807, 2.05) is 30.3 Å². The smallest absolute Gasteiger partial charge is 0.251 e. The number of rotatable bonds is 5. The number of benzene rings is 2. The molecule has 1 amide bonds. The Balaban J connectivity index is 1.54. The zero-order valence-corrected chi connectivity index (χ0v) is 15.6. The number of likely N-dealkylation sites (tertiary alicyclic amines) is 1. The molecule has 3 nitrogen and oxygen atoms in total. The average molecular weight is 377 g/mol. The number of nitrogens with one attached hydrogen (secondary N) is 1. The van der Waals surface area contributed by atoms with Gasteiger partial charge in [0.05, 0.1) is 10.0 Å². The Morgan fingerprint density at radius 2 is 1.60 bits per heavy atom. The summed E-state index contributed by atoms with van der Waals surface area (Å²) in [6.07, 6.45) is 3.92. The molecule has 1 saturated heterocycles. The van der Waals surface area contributed by atoms with Gasteiger partial charge in [-0.2, -0.15) is 0 Å². The van der Waals surface area contributed by atoms with Crippen molar-refractivity contribution in [3.63, 3.8) is 0 Å². The molecule has 1 fully saturated rings. The van der Waals surface area contributed by atoms with Crippen molar-refractivity contribution in [3.8, 4) is 0 Å². The van der Waals surface area contributed by atoms with Crippen molar-refractivity contribution in [1.82, 2.24) is 10.2 Å². The number of hydrogen-bond donors (Lipinski definition) is 1. The van der Waals surface area contributed by atoms with E-state index in [1.54, 1.807) is 12.1 Å². The molecule has 2 aromatic carbocycles. The van der Waals surface area contributed by atoms with Crippen LogP contribution in [0, 0.1) is 0 Å². The fraction of sp³-hybridized carbons (Fsp3) is 0.350. The fourth-order valence-corrected chi connectivity index (χ4v) is 3.39. The van der Waals surface area contributed by atoms with E-state index in [-0.39, 0.29) is 5.91 Å². The molecule has 1 N–H and O–H groups in total. The number of carbonyl (C=O) groups is 1. The number of carbonyl (C=O) groups excluding carboxylic acids is 1. The van der Waals surface area contributed by atoms with Gasteiger partial charge >= 0.3 is 0 Å². The third kappa shape index (κ3) is 5.21. The number of nitrogens with zero attached hydrogens (tertiary/aromatic N) is 1. The van der Waals surface area contributed by atoms with Crippen molar-refractivity contribution >= 4 is 29.1 Å². The van der Waals surface area contributed by atoms with E-state index in [0.29, 0.717) is 22.2 Å². The van der Waals surface area contributed by atoms with Crippen molar-refractivity contribution in [1.29, 1.82) is 0 Å². The lowest BCUT2D eigenvalue weighted by Gasteiger charge is -2.26. The second-order valence-electron chi connectivity index (χ2n) is 6.46. The average Bonchev–Trinajstić information content (AvgIpc) is 2.64. The lowest BCUT2D eigenvalue weighted by molar-refractivity contribution is 0.0951. The molecule has 0 aromatic heterocycles. The summed E-state index contributed by atoms with van der Waals surface area (Å²) in [5.41, 5.74) is 2.84. The molecule has 0 spiro atoms. The zero-order chi connectivity index (χ0) is 17.6. The summed E-state index contributed by atoms with van der Waals surface area (Å²) in [6.45, 7) is 3.73. The topological polar surface area (TPSA) is 32.3 Å². The molecule has 0 aliphatic carbocycles. The van der Waals surface area contributed by atoms with Crippen LogP contribution in [-0.2, 0) is 13.1 Å². The molecule has 0 radical (unpaired) electrons. The van der Waals surface area contributed by atoms with Crippen LogP contribution in [0.3, 0.4) is 0 Å². The summed E-state index contributed by atoms with van der Waals surface area (Å²) in [5, 5.41) is 3.92. The quantitative estimate of drug-likeness (QED) is 0.803. The molecule has 2 aromatic rings. The van der Waals surface area contributed by atoms with E-state index in [2.05, 4.69) is 10.2 Å². The summed E-state index contributed by atoms with van der Waals surface area (Å²) in [5.74, 6) is -0.0874. The van der Waals surface area contributed by atoms with Gasteiger partial charge in [0.15, 0.2) is 0 Å². The number of piperidine rings is 1. The predicted molar refractivity (Wildman–Crippen MR) is 103 cm³/mol. The van der Waals surface area contributed by atoms with E-state index in [9.17, 15) is 4.79 Å². The van der Waals surface area contributed by atoms with Gasteiger partial charge in [0, 0.05) is 18.7 Å². The maximum Gasteiger partial charge on any atom is 0.251 e. The highest BCUT2D eigenvalue weighted by atomic mass is 35.5. The largest absolute Gasteiger partial charge is 0.348 e. The minimum Gasteiger partial charge on any atom is -0.348 e. The minimum absolute atomic E-state index is 0.0874. The summed E-state index contributed by atoms with van der Waals surface area (Å²) < 4.78 is 0. The molecule has 1 heterocycles. The van der Waals surface area contributed by atoms with Gasteiger partial charge in [-0.3, -0.25) is 9.69 Å². The first-order valence-corrected chi connectivity index (χ1v) is 9.41. The van der Waals surface area contributed by atoms with E-state index < -0.39 is 0 Å². The Morgan fingerprint density at radius 1 is 0.920 bits per heavy atom. The highest BCUT2D eigenvalue weighted by Crippen LogP contribution is 2.22. The summed E-state index contributed by atoms with van der Waals surface area (Å²) >= 11 is 11.9. The maximum absolute atomic E-state index is 12.3. The second kappa shape index (κ2) is 8.70. The molecule has 1 aliphatic heterocycles. The molecule has 0 unspecified atom stereocenters. The molecular formula is C20H22Cl2N2O. The van der Waals surface area contributed by atoms with Crippen LogP contribution in [0.25, 0.3) is 0 Å². The normalized spacial score (nSPS) is 15.1. The molecule has 0 atom stereocenters. The lowest BCUT2D eigenvalue weighted by atomic mass is 10.1. The lowest BCUT2D eigenvalue weighted by Crippen LogP contribution is -2.29. The van der Waals surface area contributed by atoms with Crippen LogP contribution in [0.15, 0.2) is 42.5 Å². The second-order valence-corrected chi connectivity index (χ2v) is 7.28. The van der Waals surface area contributed by atoms with Crippen LogP contribution in [0.4, 0.5) is 0 Å². The van der Waals surface area contributed by atoms with Crippen LogP contribution < -0.4 is 5.32 Å². The Kier molecular flexibility index (Phi) is 6.35. The molecule has 0 bridgehead atoms. The number of hydrogen-bond acceptors (Lipinski definition) is 2. The van der Waals surface area contributed by atoms with E-state index in [4.69, 9.17) is 23.2 Å². The van der Waals surface area contributed by atoms with E-state index in [1.165, 1.54) is 37.9 Å². The standard InChI is InChI=1S/C20H22Cl2N2O/c21-18-9-6-16(12-19(18)22)13-23-20(25)17-7-4-15(5-8-17)14-24-10-2-1-3-11-24/h4-9,12H,1-3,10-11,13-14H2,(H,23,25). The summed E-state index contributed by atoms with van der Waals surface area (Å²) in [4.78, 5) is 14.8. The number of halogens is 2. The predicted octanol–water partition coefficient (Wildman–Crippen LogP) is 4.91.